The summed E-state index contributed by atoms with van der Waals surface area (Å²) in [5, 5.41) is 3.51. The molecule has 0 bridgehead atoms. The molecule has 0 fully saturated rings. The first-order chi connectivity index (χ1) is 8.15. The smallest absolute Gasteiger partial charge is 0.105 e. The van der Waals surface area contributed by atoms with Gasteiger partial charge in [0.2, 0.25) is 0 Å². The zero-order valence-electron chi connectivity index (χ0n) is 10.7. The Balaban J connectivity index is 2.43. The van der Waals surface area contributed by atoms with Crippen LogP contribution in [0.25, 0.3) is 0 Å². The van der Waals surface area contributed by atoms with E-state index in [-0.39, 0.29) is 6.04 Å². The van der Waals surface area contributed by atoms with E-state index in [0.717, 1.165) is 18.1 Å². The van der Waals surface area contributed by atoms with Gasteiger partial charge < -0.3 is 9.88 Å². The van der Waals surface area contributed by atoms with Gasteiger partial charge in [-0.25, -0.2) is 9.97 Å². The Bertz CT molecular complexity index is 500. The van der Waals surface area contributed by atoms with Crippen LogP contribution in [0.2, 0.25) is 0 Å². The Morgan fingerprint density at radius 3 is 2.65 bits per heavy atom. The van der Waals surface area contributed by atoms with Gasteiger partial charge in [0.25, 0.3) is 0 Å². The van der Waals surface area contributed by atoms with Crippen LogP contribution in [0.15, 0.2) is 11.7 Å². The number of imidazole rings is 1. The maximum atomic E-state index is 4.37. The van der Waals surface area contributed by atoms with Crippen molar-refractivity contribution in [3.8, 4) is 0 Å². The van der Waals surface area contributed by atoms with Crippen LogP contribution in [0.4, 0.5) is 0 Å². The van der Waals surface area contributed by atoms with E-state index in [1.165, 1.54) is 10.6 Å². The largest absolute Gasteiger partial charge is 0.334 e. The third kappa shape index (κ3) is 2.25. The molecule has 0 amide bonds. The van der Waals surface area contributed by atoms with Crippen molar-refractivity contribution in [1.29, 1.82) is 0 Å². The van der Waals surface area contributed by atoms with E-state index in [4.69, 9.17) is 0 Å². The van der Waals surface area contributed by atoms with E-state index in [0.29, 0.717) is 0 Å². The summed E-state index contributed by atoms with van der Waals surface area (Å²) in [5.74, 6) is 1.03. The molecule has 92 valence electrons. The minimum atomic E-state index is 0.193. The monoisotopic (exact) mass is 250 g/mol. The van der Waals surface area contributed by atoms with Crippen LogP contribution in [0.1, 0.15) is 35.1 Å². The van der Waals surface area contributed by atoms with Gasteiger partial charge in [0.05, 0.1) is 34.0 Å². The molecule has 0 aromatic carbocycles. The molecular weight excluding hydrogens is 232 g/mol. The molecule has 0 saturated carbocycles. The Labute approximate surface area is 106 Å². The molecule has 1 unspecified atom stereocenters. The molecule has 0 saturated heterocycles. The summed E-state index contributed by atoms with van der Waals surface area (Å²) in [7, 11) is 2.05. The second-order valence-corrected chi connectivity index (χ2v) is 4.97. The van der Waals surface area contributed by atoms with Gasteiger partial charge in [-0.1, -0.05) is 6.92 Å². The average molecular weight is 250 g/mol. The Morgan fingerprint density at radius 1 is 1.41 bits per heavy atom. The van der Waals surface area contributed by atoms with E-state index < -0.39 is 0 Å². The number of nitrogens with one attached hydrogen (secondary N) is 1. The van der Waals surface area contributed by atoms with E-state index >= 15 is 0 Å². The summed E-state index contributed by atoms with van der Waals surface area (Å²) in [6.07, 6.45) is 1.95. The van der Waals surface area contributed by atoms with Gasteiger partial charge in [-0.2, -0.15) is 0 Å². The summed E-state index contributed by atoms with van der Waals surface area (Å²) in [6.45, 7) is 7.12. The van der Waals surface area contributed by atoms with Crippen molar-refractivity contribution < 1.29 is 0 Å². The predicted molar refractivity (Wildman–Crippen MR) is 70.3 cm³/mol. The number of hydrogen-bond acceptors (Lipinski definition) is 4. The third-order valence-corrected chi connectivity index (χ3v) is 4.00. The highest BCUT2D eigenvalue weighted by molar-refractivity contribution is 7.09. The molecule has 0 aliphatic heterocycles. The molecule has 17 heavy (non-hydrogen) atoms. The Morgan fingerprint density at radius 2 is 2.18 bits per heavy atom. The molecule has 0 spiro atoms. The number of hydrogen-bond donors (Lipinski definition) is 1. The fourth-order valence-electron chi connectivity index (χ4n) is 1.91. The number of nitrogens with zero attached hydrogens (tertiary/aromatic N) is 3. The molecule has 1 atom stereocenters. The van der Waals surface area contributed by atoms with Crippen molar-refractivity contribution in [2.75, 3.05) is 6.54 Å². The van der Waals surface area contributed by atoms with Gasteiger partial charge in [-0.05, 0) is 20.4 Å². The highest BCUT2D eigenvalue weighted by atomic mass is 32.1. The summed E-state index contributed by atoms with van der Waals surface area (Å²) < 4.78 is 2.13. The maximum Gasteiger partial charge on any atom is 0.105 e. The predicted octanol–water partition coefficient (Wildman–Crippen LogP) is 2.19. The van der Waals surface area contributed by atoms with Gasteiger partial charge in [0, 0.05) is 7.05 Å². The van der Waals surface area contributed by atoms with Crippen molar-refractivity contribution in [2.45, 2.75) is 26.8 Å². The van der Waals surface area contributed by atoms with Crippen LogP contribution in [-0.4, -0.2) is 21.1 Å². The second-order valence-electron chi connectivity index (χ2n) is 4.08. The first kappa shape index (κ1) is 12.3. The van der Waals surface area contributed by atoms with Gasteiger partial charge in [0.15, 0.2) is 0 Å². The second kappa shape index (κ2) is 4.98. The van der Waals surface area contributed by atoms with E-state index in [9.17, 15) is 0 Å². The summed E-state index contributed by atoms with van der Waals surface area (Å²) in [4.78, 5) is 9.97. The van der Waals surface area contributed by atoms with Crippen molar-refractivity contribution in [3.63, 3.8) is 0 Å². The van der Waals surface area contributed by atoms with Gasteiger partial charge in [0.1, 0.15) is 5.82 Å². The van der Waals surface area contributed by atoms with E-state index in [2.05, 4.69) is 40.7 Å². The lowest BCUT2D eigenvalue weighted by atomic mass is 10.1. The number of aromatic nitrogens is 3. The average Bonchev–Trinajstić information content (AvgIpc) is 2.85. The molecule has 2 heterocycles. The van der Waals surface area contributed by atoms with Crippen LogP contribution in [-0.2, 0) is 7.05 Å². The van der Waals surface area contributed by atoms with Crippen LogP contribution >= 0.6 is 11.3 Å². The van der Waals surface area contributed by atoms with Crippen LogP contribution < -0.4 is 5.32 Å². The molecule has 4 nitrogen and oxygen atoms in total. The van der Waals surface area contributed by atoms with Gasteiger partial charge >= 0.3 is 0 Å². The molecular formula is C12H18N4S. The van der Waals surface area contributed by atoms with Crippen molar-refractivity contribution in [3.05, 3.63) is 33.8 Å². The topological polar surface area (TPSA) is 42.7 Å². The summed E-state index contributed by atoms with van der Waals surface area (Å²) in [5.41, 5.74) is 4.19. The van der Waals surface area contributed by atoms with Crippen LogP contribution in [0.3, 0.4) is 0 Å². The lowest BCUT2D eigenvalue weighted by Gasteiger charge is -2.18. The van der Waals surface area contributed by atoms with Crippen LogP contribution in [0, 0.1) is 13.8 Å². The van der Waals surface area contributed by atoms with Crippen molar-refractivity contribution >= 4 is 11.3 Å². The molecule has 0 aliphatic carbocycles. The molecule has 0 aliphatic rings. The molecule has 2 aromatic rings. The quantitative estimate of drug-likeness (QED) is 0.904. The molecule has 2 aromatic heterocycles. The number of thiazole rings is 1. The van der Waals surface area contributed by atoms with Crippen molar-refractivity contribution in [1.82, 2.24) is 19.9 Å². The van der Waals surface area contributed by atoms with Gasteiger partial charge in [-0.15, -0.1) is 11.3 Å². The van der Waals surface area contributed by atoms with Crippen LogP contribution in [0.5, 0.6) is 0 Å². The normalized spacial score (nSPS) is 12.9. The van der Waals surface area contributed by atoms with Gasteiger partial charge in [-0.3, -0.25) is 0 Å². The Hall–Kier alpha value is -1.20. The Kier molecular flexibility index (Phi) is 3.59. The van der Waals surface area contributed by atoms with E-state index in [1.807, 2.05) is 18.6 Å². The lowest BCUT2D eigenvalue weighted by molar-refractivity contribution is 0.594. The summed E-state index contributed by atoms with van der Waals surface area (Å²) in [6, 6.07) is 0.193. The fourth-order valence-corrected chi connectivity index (χ4v) is 2.80. The lowest BCUT2D eigenvalue weighted by Crippen LogP contribution is -2.24. The minimum Gasteiger partial charge on any atom is -0.334 e. The zero-order chi connectivity index (χ0) is 12.4. The number of aryl methyl sites for hydroxylation is 2. The minimum absolute atomic E-state index is 0.193. The number of rotatable bonds is 4. The zero-order valence-corrected chi connectivity index (χ0v) is 11.5. The maximum absolute atomic E-state index is 4.37. The molecule has 0 radical (unpaired) electrons. The fraction of sp³-hybridized carbons (Fsp3) is 0.500. The summed E-state index contributed by atoms with van der Waals surface area (Å²) >= 11 is 1.70. The first-order valence-corrected chi connectivity index (χ1v) is 6.64. The third-order valence-electron chi connectivity index (χ3n) is 3.01. The van der Waals surface area contributed by atoms with Crippen molar-refractivity contribution in [2.24, 2.45) is 7.05 Å². The highest BCUT2D eigenvalue weighted by Crippen LogP contribution is 2.27. The SMILES string of the molecule is CCNC(c1scnc1C)c1cnc(C)n1C. The molecule has 5 heteroatoms. The first-order valence-electron chi connectivity index (χ1n) is 5.76. The molecule has 2 rings (SSSR count). The standard InChI is InChI=1S/C12H18N4S/c1-5-13-11(12-8(2)15-7-17-12)10-6-14-9(3)16(10)4/h6-7,11,13H,5H2,1-4H3. The highest BCUT2D eigenvalue weighted by Gasteiger charge is 2.20. The molecule has 1 N–H and O–H groups in total. The van der Waals surface area contributed by atoms with E-state index in [1.54, 1.807) is 11.3 Å².